The molecule has 0 aliphatic heterocycles. The maximum absolute atomic E-state index is 6.79. The third kappa shape index (κ3) is 3.43. The van der Waals surface area contributed by atoms with Crippen LogP contribution in [0, 0.1) is 0 Å². The van der Waals surface area contributed by atoms with Crippen LogP contribution in [-0.4, -0.2) is 9.97 Å². The molecule has 0 fully saturated rings. The number of nitrogens with zero attached hydrogens (tertiary/aromatic N) is 2. The van der Waals surface area contributed by atoms with Gasteiger partial charge in [-0.2, -0.15) is 0 Å². The van der Waals surface area contributed by atoms with E-state index in [9.17, 15) is 0 Å². The van der Waals surface area contributed by atoms with Crippen molar-refractivity contribution < 1.29 is 4.42 Å². The Morgan fingerprint density at radius 1 is 0.500 bits per heavy atom. The summed E-state index contributed by atoms with van der Waals surface area (Å²) in [5.41, 5.74) is 13.2. The highest BCUT2D eigenvalue weighted by atomic mass is 16.3. The van der Waals surface area contributed by atoms with E-state index in [1.54, 1.807) is 0 Å². The van der Waals surface area contributed by atoms with Gasteiger partial charge in [-0.1, -0.05) is 117 Å². The molecule has 0 N–H and O–H groups in total. The minimum atomic E-state index is -0.0763. The summed E-state index contributed by atoms with van der Waals surface area (Å²) >= 11 is 0. The molecule has 0 spiro atoms. The second-order valence-electron chi connectivity index (χ2n) is 13.0. The molecule has 0 saturated heterocycles. The Labute approximate surface area is 265 Å². The SMILES string of the molecule is CC1(C)c2ccccc2-c2cc3c(cc21)oc1c(-c2ccc(-c4ccc5ccc6cccnc6c5n4)c4ccccc24)cccc13. The van der Waals surface area contributed by atoms with Crippen LogP contribution in [-0.2, 0) is 5.41 Å². The molecule has 1 aliphatic rings. The van der Waals surface area contributed by atoms with E-state index < -0.39 is 0 Å². The lowest BCUT2D eigenvalue weighted by atomic mass is 9.82. The monoisotopic (exact) mass is 588 g/mol. The minimum absolute atomic E-state index is 0.0763. The van der Waals surface area contributed by atoms with Crippen molar-refractivity contribution in [2.24, 2.45) is 0 Å². The second kappa shape index (κ2) is 9.12. The molecule has 0 bridgehead atoms. The van der Waals surface area contributed by atoms with Gasteiger partial charge in [-0.25, -0.2) is 4.98 Å². The van der Waals surface area contributed by atoms with Crippen LogP contribution in [0.2, 0.25) is 0 Å². The lowest BCUT2D eigenvalue weighted by molar-refractivity contribution is 0.648. The number of benzene rings is 6. The third-order valence-electron chi connectivity index (χ3n) is 10.1. The molecule has 46 heavy (non-hydrogen) atoms. The van der Waals surface area contributed by atoms with Crippen molar-refractivity contribution in [1.82, 2.24) is 9.97 Å². The Hall–Kier alpha value is -5.80. The Morgan fingerprint density at radius 2 is 1.22 bits per heavy atom. The standard InChI is InChI=1S/C43H28N2O/c1-43(2)36-15-6-5-12-30(36)34-23-35-33-14-7-13-32(42(33)46-39(35)24-37(34)43)29-19-20-31(28-11-4-3-10-27(28)29)38-21-18-26-17-16-25-9-8-22-44-40(25)41(26)45-38/h3-24H,1-2H3. The number of rotatable bonds is 2. The summed E-state index contributed by atoms with van der Waals surface area (Å²) in [6, 6.07) is 45.6. The van der Waals surface area contributed by atoms with E-state index in [-0.39, 0.29) is 5.41 Å². The smallest absolute Gasteiger partial charge is 0.143 e. The molecule has 0 unspecified atom stereocenters. The molecule has 3 heteroatoms. The number of aromatic nitrogens is 2. The zero-order valence-corrected chi connectivity index (χ0v) is 25.5. The average Bonchev–Trinajstić information content (AvgIpc) is 3.58. The summed E-state index contributed by atoms with van der Waals surface area (Å²) in [6.07, 6.45) is 1.84. The summed E-state index contributed by atoms with van der Waals surface area (Å²) in [7, 11) is 0. The van der Waals surface area contributed by atoms with E-state index in [0.717, 1.165) is 71.5 Å². The van der Waals surface area contributed by atoms with Crippen LogP contribution >= 0.6 is 0 Å². The molecule has 0 saturated carbocycles. The summed E-state index contributed by atoms with van der Waals surface area (Å²) in [5.74, 6) is 0. The van der Waals surface area contributed by atoms with Gasteiger partial charge in [-0.3, -0.25) is 4.98 Å². The van der Waals surface area contributed by atoms with Gasteiger partial charge in [0.1, 0.15) is 11.2 Å². The van der Waals surface area contributed by atoms with E-state index in [4.69, 9.17) is 9.40 Å². The van der Waals surface area contributed by atoms with Crippen LogP contribution in [0.1, 0.15) is 25.0 Å². The molecule has 3 nitrogen and oxygen atoms in total. The molecule has 3 aromatic heterocycles. The van der Waals surface area contributed by atoms with Crippen LogP contribution in [0.3, 0.4) is 0 Å². The number of hydrogen-bond donors (Lipinski definition) is 0. The summed E-state index contributed by atoms with van der Waals surface area (Å²) in [6.45, 7) is 4.63. The van der Waals surface area contributed by atoms with E-state index in [2.05, 4.69) is 140 Å². The van der Waals surface area contributed by atoms with E-state index >= 15 is 0 Å². The van der Waals surface area contributed by atoms with Crippen molar-refractivity contribution in [3.05, 3.63) is 145 Å². The lowest BCUT2D eigenvalue weighted by Crippen LogP contribution is -2.14. The molecule has 216 valence electrons. The van der Waals surface area contributed by atoms with Gasteiger partial charge in [0.05, 0.1) is 16.7 Å². The molecular weight excluding hydrogens is 560 g/mol. The minimum Gasteiger partial charge on any atom is -0.455 e. The summed E-state index contributed by atoms with van der Waals surface area (Å²) < 4.78 is 6.79. The second-order valence-corrected chi connectivity index (χ2v) is 13.0. The fraction of sp³-hybridized carbons (Fsp3) is 0.0698. The van der Waals surface area contributed by atoms with Gasteiger partial charge in [0.15, 0.2) is 0 Å². The van der Waals surface area contributed by atoms with Gasteiger partial charge in [-0.15, -0.1) is 0 Å². The van der Waals surface area contributed by atoms with Crippen LogP contribution in [0.15, 0.2) is 138 Å². The number of hydrogen-bond acceptors (Lipinski definition) is 3. The fourth-order valence-electron chi connectivity index (χ4n) is 7.83. The quantitative estimate of drug-likeness (QED) is 0.189. The van der Waals surface area contributed by atoms with Gasteiger partial charge >= 0.3 is 0 Å². The van der Waals surface area contributed by atoms with E-state index in [1.807, 2.05) is 12.3 Å². The number of fused-ring (bicyclic) bond motifs is 10. The molecule has 9 aromatic rings. The van der Waals surface area contributed by atoms with Crippen molar-refractivity contribution in [1.29, 1.82) is 0 Å². The first-order chi connectivity index (χ1) is 22.6. The maximum atomic E-state index is 6.79. The van der Waals surface area contributed by atoms with Gasteiger partial charge in [0.2, 0.25) is 0 Å². The largest absolute Gasteiger partial charge is 0.455 e. The van der Waals surface area contributed by atoms with Gasteiger partial charge in [0.25, 0.3) is 0 Å². The zero-order valence-electron chi connectivity index (χ0n) is 25.5. The van der Waals surface area contributed by atoms with Crippen molar-refractivity contribution in [3.8, 4) is 33.5 Å². The Kier molecular flexibility index (Phi) is 5.06. The highest BCUT2D eigenvalue weighted by molar-refractivity contribution is 6.15. The zero-order chi connectivity index (χ0) is 30.6. The highest BCUT2D eigenvalue weighted by Gasteiger charge is 2.36. The molecule has 3 heterocycles. The molecule has 0 amide bonds. The van der Waals surface area contributed by atoms with Crippen molar-refractivity contribution in [2.45, 2.75) is 19.3 Å². The van der Waals surface area contributed by atoms with Crippen molar-refractivity contribution in [3.63, 3.8) is 0 Å². The summed E-state index contributed by atoms with van der Waals surface area (Å²) in [5, 5.41) is 6.81. The molecule has 1 aliphatic carbocycles. The first-order valence-corrected chi connectivity index (χ1v) is 15.8. The predicted octanol–water partition coefficient (Wildman–Crippen LogP) is 11.5. The molecule has 0 radical (unpaired) electrons. The van der Waals surface area contributed by atoms with Gasteiger partial charge in [-0.05, 0) is 62.9 Å². The topological polar surface area (TPSA) is 38.9 Å². The molecule has 6 aromatic carbocycles. The maximum Gasteiger partial charge on any atom is 0.143 e. The van der Waals surface area contributed by atoms with Crippen molar-refractivity contribution in [2.75, 3.05) is 0 Å². The van der Waals surface area contributed by atoms with E-state index in [0.29, 0.717) is 0 Å². The van der Waals surface area contributed by atoms with Gasteiger partial charge < -0.3 is 4.42 Å². The molecule has 10 rings (SSSR count). The molecule has 0 atom stereocenters. The molecular formula is C43H28N2O. The number of furan rings is 1. The number of para-hydroxylation sites is 1. The first kappa shape index (κ1) is 25.5. The number of pyridine rings is 2. The summed E-state index contributed by atoms with van der Waals surface area (Å²) in [4.78, 5) is 9.85. The van der Waals surface area contributed by atoms with Gasteiger partial charge in [0, 0.05) is 44.3 Å². The first-order valence-electron chi connectivity index (χ1n) is 15.8. The van der Waals surface area contributed by atoms with E-state index in [1.165, 1.54) is 27.6 Å². The van der Waals surface area contributed by atoms with Crippen LogP contribution < -0.4 is 0 Å². The average molecular weight is 589 g/mol. The Morgan fingerprint density at radius 3 is 2.11 bits per heavy atom. The highest BCUT2D eigenvalue weighted by Crippen LogP contribution is 2.51. The Bertz CT molecular complexity index is 2730. The van der Waals surface area contributed by atoms with Crippen LogP contribution in [0.25, 0.3) is 88.0 Å². The Balaban J connectivity index is 1.18. The van der Waals surface area contributed by atoms with Crippen molar-refractivity contribution >= 4 is 54.5 Å². The van der Waals surface area contributed by atoms with Crippen LogP contribution in [0.5, 0.6) is 0 Å². The lowest BCUT2D eigenvalue weighted by Gasteiger charge is -2.21. The predicted molar refractivity (Wildman–Crippen MR) is 190 cm³/mol. The van der Waals surface area contributed by atoms with Crippen LogP contribution in [0.4, 0.5) is 0 Å². The fourth-order valence-corrected chi connectivity index (χ4v) is 7.83. The normalized spacial score (nSPS) is 13.6. The third-order valence-corrected chi connectivity index (χ3v) is 10.1.